The molecule has 4 N–H and O–H groups in total. The summed E-state index contributed by atoms with van der Waals surface area (Å²) in [6.45, 7) is 8.75. The highest BCUT2D eigenvalue weighted by Crippen LogP contribution is 2.34. The van der Waals surface area contributed by atoms with E-state index < -0.39 is 24.3 Å². The number of aromatic amines is 2. The number of ether oxygens (including phenoxy) is 2. The Morgan fingerprint density at radius 3 is 1.85 bits per heavy atom. The molecule has 0 saturated carbocycles. The first kappa shape index (κ1) is 37.9. The van der Waals surface area contributed by atoms with Crippen LogP contribution in [-0.4, -0.2) is 93.1 Å². The second-order valence-corrected chi connectivity index (χ2v) is 14.4. The zero-order valence-electron chi connectivity index (χ0n) is 31.6. The van der Waals surface area contributed by atoms with Gasteiger partial charge in [0.05, 0.1) is 43.0 Å². The van der Waals surface area contributed by atoms with Crippen LogP contribution in [0.15, 0.2) is 48.7 Å². The van der Waals surface area contributed by atoms with E-state index in [0.717, 1.165) is 59.1 Å². The molecule has 0 spiro atoms. The molecule has 284 valence electrons. The lowest BCUT2D eigenvalue weighted by molar-refractivity contribution is -0.136. The summed E-state index contributed by atoms with van der Waals surface area (Å²) in [6.07, 6.45) is 3.81. The van der Waals surface area contributed by atoms with Gasteiger partial charge in [-0.15, -0.1) is 0 Å². The largest absolute Gasteiger partial charge is 0.453 e. The Balaban J connectivity index is 1.12. The Kier molecular flexibility index (Phi) is 11.5. The van der Waals surface area contributed by atoms with Gasteiger partial charge in [0.25, 0.3) is 0 Å². The number of alkyl carbamates (subject to hydrolysis) is 2. The minimum atomic E-state index is -0.697. The van der Waals surface area contributed by atoms with E-state index >= 15 is 0 Å². The lowest BCUT2D eigenvalue weighted by Crippen LogP contribution is -2.51. The molecule has 0 unspecified atom stereocenters. The van der Waals surface area contributed by atoms with E-state index in [9.17, 15) is 19.2 Å². The van der Waals surface area contributed by atoms with E-state index in [0.29, 0.717) is 24.7 Å². The fourth-order valence-electron chi connectivity index (χ4n) is 7.17. The number of methoxy groups -OCH3 is 2. The third-order valence-electron chi connectivity index (χ3n) is 10.1. The average molecular weight is 737 g/mol. The Morgan fingerprint density at radius 2 is 1.30 bits per heavy atom. The van der Waals surface area contributed by atoms with E-state index in [-0.39, 0.29) is 35.7 Å². The van der Waals surface area contributed by atoms with E-state index in [4.69, 9.17) is 19.4 Å². The quantitative estimate of drug-likeness (QED) is 0.164. The molecule has 0 radical (unpaired) electrons. The van der Waals surface area contributed by atoms with Gasteiger partial charge in [0, 0.05) is 36.0 Å². The summed E-state index contributed by atoms with van der Waals surface area (Å²) >= 11 is 0. The van der Waals surface area contributed by atoms with Crippen LogP contribution in [0.3, 0.4) is 0 Å². The molecule has 2 aliphatic rings. The van der Waals surface area contributed by atoms with Gasteiger partial charge in [0.1, 0.15) is 23.7 Å². The third-order valence-corrected chi connectivity index (χ3v) is 10.1. The molecule has 0 aliphatic carbocycles. The van der Waals surface area contributed by atoms with Crippen molar-refractivity contribution >= 4 is 35.0 Å². The molecule has 4 aromatic rings. The van der Waals surface area contributed by atoms with Gasteiger partial charge in [-0.3, -0.25) is 9.59 Å². The summed E-state index contributed by atoms with van der Waals surface area (Å²) in [5, 5.41) is 5.37. The molecule has 6 rings (SSSR count). The van der Waals surface area contributed by atoms with Gasteiger partial charge in [-0.1, -0.05) is 51.7 Å². The molecule has 2 aromatic carbocycles. The van der Waals surface area contributed by atoms with E-state index in [2.05, 4.69) is 32.4 Å². The van der Waals surface area contributed by atoms with Crippen LogP contribution in [0.4, 0.5) is 9.59 Å². The highest BCUT2D eigenvalue weighted by molar-refractivity contribution is 5.87. The SMILES string of the molecule is COC(=O)N[C@H](C(=O)N1CCC[C@H]1c1nc2cc(C#Cc3ccc(-c4c[nH]c([C@@H]5CCCN5C(=O)[C@H](NC(=O)OC)C(C)C)n4)cc3)ccc2[nH]1)C(C)C. The molecular formula is C40H48N8O6. The maximum absolute atomic E-state index is 13.5. The molecule has 2 aromatic heterocycles. The van der Waals surface area contributed by atoms with Gasteiger partial charge in [-0.25, -0.2) is 19.6 Å². The van der Waals surface area contributed by atoms with E-state index in [1.165, 1.54) is 14.2 Å². The molecule has 4 atom stereocenters. The van der Waals surface area contributed by atoms with Crippen LogP contribution in [0.5, 0.6) is 0 Å². The zero-order valence-corrected chi connectivity index (χ0v) is 31.6. The van der Waals surface area contributed by atoms with Crippen molar-refractivity contribution < 1.29 is 28.7 Å². The van der Waals surface area contributed by atoms with E-state index in [1.807, 2.05) is 76.4 Å². The lowest BCUT2D eigenvalue weighted by atomic mass is 10.0. The molecule has 4 heterocycles. The highest BCUT2D eigenvalue weighted by atomic mass is 16.5. The topological polar surface area (TPSA) is 175 Å². The predicted octanol–water partition coefficient (Wildman–Crippen LogP) is 5.44. The van der Waals surface area contributed by atoms with Gasteiger partial charge < -0.3 is 39.9 Å². The molecule has 2 fully saturated rings. The summed E-state index contributed by atoms with van der Waals surface area (Å²) in [5.74, 6) is 7.38. The summed E-state index contributed by atoms with van der Waals surface area (Å²) in [4.78, 5) is 70.9. The second-order valence-electron chi connectivity index (χ2n) is 14.4. The number of carbonyl (C=O) groups excluding carboxylic acids is 4. The van der Waals surface area contributed by atoms with Crippen LogP contribution in [0.25, 0.3) is 22.3 Å². The van der Waals surface area contributed by atoms with Crippen molar-refractivity contribution in [3.63, 3.8) is 0 Å². The lowest BCUT2D eigenvalue weighted by Gasteiger charge is -2.29. The highest BCUT2D eigenvalue weighted by Gasteiger charge is 2.39. The maximum Gasteiger partial charge on any atom is 0.407 e. The number of fused-ring (bicyclic) bond motifs is 1. The number of imidazole rings is 2. The zero-order chi connectivity index (χ0) is 38.5. The number of hydrogen-bond acceptors (Lipinski definition) is 8. The second kappa shape index (κ2) is 16.4. The minimum Gasteiger partial charge on any atom is -0.453 e. The van der Waals surface area contributed by atoms with Crippen molar-refractivity contribution in [1.29, 1.82) is 0 Å². The van der Waals surface area contributed by atoms with Crippen molar-refractivity contribution in [3.8, 4) is 23.1 Å². The predicted molar refractivity (Wildman–Crippen MR) is 202 cm³/mol. The Labute approximate surface area is 314 Å². The van der Waals surface area contributed by atoms with Gasteiger partial charge in [0.15, 0.2) is 0 Å². The molecular weight excluding hydrogens is 688 g/mol. The molecule has 14 heteroatoms. The molecule has 0 bridgehead atoms. The standard InChI is InChI=1S/C40H48N8O6/c1-23(2)33(45-39(51)53-5)37(49)47-19-7-9-31(47)35-41-22-30(44-35)27-16-13-25(14-17-27)11-12-26-15-18-28-29(21-26)43-36(42-28)32-10-8-20-48(32)38(50)34(24(3)4)46-40(52)54-6/h13-18,21-24,31-34H,7-10,19-20H2,1-6H3,(H,41,44)(H,42,43)(H,45,51)(H,46,52)/t31-,32-,33+,34-/m0/s1. The fraction of sp³-hybridized carbons (Fsp3) is 0.450. The van der Waals surface area contributed by atoms with Gasteiger partial charge in [-0.05, 0) is 67.9 Å². The number of aromatic nitrogens is 4. The number of amides is 4. The van der Waals surface area contributed by atoms with Gasteiger partial charge in [-0.2, -0.15) is 0 Å². The summed E-state index contributed by atoms with van der Waals surface area (Å²) in [5.41, 5.74) is 4.93. The molecule has 14 nitrogen and oxygen atoms in total. The molecule has 2 aliphatic heterocycles. The Morgan fingerprint density at radius 1 is 0.759 bits per heavy atom. The van der Waals surface area contributed by atoms with Crippen LogP contribution < -0.4 is 10.6 Å². The number of nitrogens with zero attached hydrogens (tertiary/aromatic N) is 4. The summed E-state index contributed by atoms with van der Waals surface area (Å²) in [6, 6.07) is 11.8. The number of rotatable bonds is 9. The van der Waals surface area contributed by atoms with Crippen LogP contribution in [-0.2, 0) is 19.1 Å². The monoisotopic (exact) mass is 736 g/mol. The fourth-order valence-corrected chi connectivity index (χ4v) is 7.17. The number of likely N-dealkylation sites (tertiary alicyclic amines) is 2. The minimum absolute atomic E-state index is 0.109. The van der Waals surface area contributed by atoms with Crippen molar-refractivity contribution in [2.45, 2.75) is 77.5 Å². The number of nitrogens with one attached hydrogen (secondary N) is 4. The van der Waals surface area contributed by atoms with Crippen molar-refractivity contribution in [2.75, 3.05) is 27.3 Å². The molecule has 54 heavy (non-hydrogen) atoms. The number of hydrogen-bond donors (Lipinski definition) is 4. The number of benzene rings is 2. The number of carbonyl (C=O) groups is 4. The van der Waals surface area contributed by atoms with Crippen LogP contribution >= 0.6 is 0 Å². The first-order chi connectivity index (χ1) is 26.0. The average Bonchev–Trinajstić information content (AvgIpc) is 4.00. The van der Waals surface area contributed by atoms with Crippen molar-refractivity contribution in [1.82, 2.24) is 40.4 Å². The smallest absolute Gasteiger partial charge is 0.407 e. The maximum atomic E-state index is 13.5. The summed E-state index contributed by atoms with van der Waals surface area (Å²) < 4.78 is 9.49. The van der Waals surface area contributed by atoms with Gasteiger partial charge >= 0.3 is 12.2 Å². The summed E-state index contributed by atoms with van der Waals surface area (Å²) in [7, 11) is 2.57. The first-order valence-corrected chi connectivity index (χ1v) is 18.4. The van der Waals surface area contributed by atoms with Crippen molar-refractivity contribution in [2.24, 2.45) is 11.8 Å². The normalized spacial score (nSPS) is 18.0. The van der Waals surface area contributed by atoms with Crippen LogP contribution in [0.2, 0.25) is 0 Å². The Bertz CT molecular complexity index is 2060. The van der Waals surface area contributed by atoms with E-state index in [1.54, 1.807) is 9.80 Å². The first-order valence-electron chi connectivity index (χ1n) is 18.4. The Hall–Kier alpha value is -5.84. The van der Waals surface area contributed by atoms with Crippen LogP contribution in [0, 0.1) is 23.7 Å². The number of H-pyrrole nitrogens is 2. The molecule has 4 amide bonds. The van der Waals surface area contributed by atoms with Crippen LogP contribution in [0.1, 0.15) is 88.2 Å². The third kappa shape index (κ3) is 8.20. The molecule has 2 saturated heterocycles. The van der Waals surface area contributed by atoms with Crippen molar-refractivity contribution in [3.05, 3.63) is 71.4 Å². The van der Waals surface area contributed by atoms with Gasteiger partial charge in [0.2, 0.25) is 11.8 Å².